The van der Waals surface area contributed by atoms with Gasteiger partial charge in [0.1, 0.15) is 5.82 Å². The minimum Gasteiger partial charge on any atom is -0.369 e. The van der Waals surface area contributed by atoms with E-state index in [9.17, 15) is 4.39 Å². The van der Waals surface area contributed by atoms with Crippen LogP contribution in [0, 0.1) is 5.82 Å². The van der Waals surface area contributed by atoms with Crippen LogP contribution in [0.4, 0.5) is 4.39 Å². The normalized spacial score (nSPS) is 14.9. The molecule has 0 bridgehead atoms. The number of ether oxygens (including phenoxy) is 1. The van der Waals surface area contributed by atoms with Gasteiger partial charge in [-0.15, -0.1) is 0 Å². The maximum Gasteiger partial charge on any atom is 0.123 e. The van der Waals surface area contributed by atoms with Gasteiger partial charge in [-0.3, -0.25) is 0 Å². The average Bonchev–Trinajstić information content (AvgIpc) is 2.27. The number of hydrogen-bond donors (Lipinski definition) is 1. The summed E-state index contributed by atoms with van der Waals surface area (Å²) in [5.41, 5.74) is 6.56. The first-order valence-corrected chi connectivity index (χ1v) is 5.28. The van der Waals surface area contributed by atoms with Crippen LogP contribution >= 0.6 is 0 Å². The molecule has 2 unspecified atom stereocenters. The maximum absolute atomic E-state index is 12.7. The third kappa shape index (κ3) is 3.61. The largest absolute Gasteiger partial charge is 0.369 e. The van der Waals surface area contributed by atoms with Crippen LogP contribution in [0.25, 0.3) is 0 Å². The Morgan fingerprint density at radius 3 is 2.40 bits per heavy atom. The van der Waals surface area contributed by atoms with Crippen molar-refractivity contribution in [3.05, 3.63) is 35.6 Å². The van der Waals surface area contributed by atoms with E-state index in [2.05, 4.69) is 6.92 Å². The zero-order valence-corrected chi connectivity index (χ0v) is 9.24. The zero-order chi connectivity index (χ0) is 11.3. The SMILES string of the molecule is CCC(C)OC(CN)c1ccc(F)cc1. The molecule has 2 N–H and O–H groups in total. The number of halogens is 1. The molecule has 0 aliphatic heterocycles. The fourth-order valence-corrected chi connectivity index (χ4v) is 1.32. The van der Waals surface area contributed by atoms with Crippen molar-refractivity contribution < 1.29 is 9.13 Å². The van der Waals surface area contributed by atoms with Gasteiger partial charge in [0, 0.05) is 6.54 Å². The molecule has 0 saturated heterocycles. The topological polar surface area (TPSA) is 35.2 Å². The van der Waals surface area contributed by atoms with E-state index in [1.54, 1.807) is 12.1 Å². The van der Waals surface area contributed by atoms with Crippen molar-refractivity contribution in [2.45, 2.75) is 32.5 Å². The summed E-state index contributed by atoms with van der Waals surface area (Å²) in [6.07, 6.45) is 0.974. The van der Waals surface area contributed by atoms with Gasteiger partial charge in [-0.25, -0.2) is 4.39 Å². The second-order valence-corrected chi connectivity index (χ2v) is 3.63. The van der Waals surface area contributed by atoms with E-state index in [-0.39, 0.29) is 18.0 Å². The zero-order valence-electron chi connectivity index (χ0n) is 9.24. The van der Waals surface area contributed by atoms with Gasteiger partial charge in [-0.2, -0.15) is 0 Å². The Morgan fingerprint density at radius 2 is 1.93 bits per heavy atom. The van der Waals surface area contributed by atoms with Gasteiger partial charge in [0.05, 0.1) is 12.2 Å². The highest BCUT2D eigenvalue weighted by atomic mass is 19.1. The monoisotopic (exact) mass is 211 g/mol. The minimum atomic E-state index is -0.238. The Hall–Kier alpha value is -0.930. The van der Waals surface area contributed by atoms with E-state index in [4.69, 9.17) is 10.5 Å². The highest BCUT2D eigenvalue weighted by Gasteiger charge is 2.12. The molecule has 1 rings (SSSR count). The van der Waals surface area contributed by atoms with Crippen molar-refractivity contribution in [3.63, 3.8) is 0 Å². The van der Waals surface area contributed by atoms with Crippen molar-refractivity contribution >= 4 is 0 Å². The molecule has 1 aromatic carbocycles. The molecule has 0 spiro atoms. The summed E-state index contributed by atoms with van der Waals surface area (Å²) >= 11 is 0. The smallest absolute Gasteiger partial charge is 0.123 e. The molecule has 0 amide bonds. The first-order chi connectivity index (χ1) is 7.17. The lowest BCUT2D eigenvalue weighted by Gasteiger charge is -2.20. The summed E-state index contributed by atoms with van der Waals surface area (Å²) in [6, 6.07) is 6.29. The van der Waals surface area contributed by atoms with Gasteiger partial charge in [0.15, 0.2) is 0 Å². The van der Waals surface area contributed by atoms with Crippen LogP contribution in [-0.4, -0.2) is 12.6 Å². The number of hydrogen-bond acceptors (Lipinski definition) is 2. The number of rotatable bonds is 5. The van der Waals surface area contributed by atoms with E-state index in [1.807, 2.05) is 6.92 Å². The lowest BCUT2D eigenvalue weighted by Crippen LogP contribution is -2.20. The molecule has 0 aliphatic rings. The molecular formula is C12H18FNO. The Kier molecular flexibility index (Phi) is 4.72. The molecule has 3 heteroatoms. The lowest BCUT2D eigenvalue weighted by molar-refractivity contribution is -0.0000523. The first kappa shape index (κ1) is 12.1. The quantitative estimate of drug-likeness (QED) is 0.812. The molecule has 2 atom stereocenters. The fraction of sp³-hybridized carbons (Fsp3) is 0.500. The molecular weight excluding hydrogens is 193 g/mol. The van der Waals surface area contributed by atoms with E-state index >= 15 is 0 Å². The third-order valence-electron chi connectivity index (χ3n) is 2.43. The van der Waals surface area contributed by atoms with Crippen LogP contribution in [0.1, 0.15) is 31.9 Å². The summed E-state index contributed by atoms with van der Waals surface area (Å²) in [7, 11) is 0. The van der Waals surface area contributed by atoms with Crippen molar-refractivity contribution in [1.29, 1.82) is 0 Å². The van der Waals surface area contributed by atoms with Gasteiger partial charge >= 0.3 is 0 Å². The minimum absolute atomic E-state index is 0.138. The molecule has 0 heterocycles. The summed E-state index contributed by atoms with van der Waals surface area (Å²) < 4.78 is 18.4. The Morgan fingerprint density at radius 1 is 1.33 bits per heavy atom. The van der Waals surface area contributed by atoms with Gasteiger partial charge in [0.25, 0.3) is 0 Å². The molecule has 0 aromatic heterocycles. The van der Waals surface area contributed by atoms with Crippen molar-refractivity contribution in [3.8, 4) is 0 Å². The molecule has 0 radical (unpaired) electrons. The first-order valence-electron chi connectivity index (χ1n) is 5.28. The molecule has 1 aromatic rings. The van der Waals surface area contributed by atoms with Crippen LogP contribution in [0.3, 0.4) is 0 Å². The van der Waals surface area contributed by atoms with Crippen LogP contribution in [0.15, 0.2) is 24.3 Å². The molecule has 15 heavy (non-hydrogen) atoms. The van der Waals surface area contributed by atoms with Crippen LogP contribution < -0.4 is 5.73 Å². The molecule has 0 fully saturated rings. The Labute approximate surface area is 90.2 Å². The van der Waals surface area contributed by atoms with Crippen LogP contribution in [-0.2, 0) is 4.74 Å². The van der Waals surface area contributed by atoms with Crippen molar-refractivity contribution in [2.24, 2.45) is 5.73 Å². The van der Waals surface area contributed by atoms with E-state index in [0.717, 1.165) is 12.0 Å². The predicted octanol–water partition coefficient (Wildman–Crippen LogP) is 2.64. The standard InChI is InChI=1S/C12H18FNO/c1-3-9(2)15-12(8-14)10-4-6-11(13)7-5-10/h4-7,9,12H,3,8,14H2,1-2H3. The van der Waals surface area contributed by atoms with Crippen molar-refractivity contribution in [1.82, 2.24) is 0 Å². The van der Waals surface area contributed by atoms with Gasteiger partial charge in [0.2, 0.25) is 0 Å². The Bertz CT molecular complexity index is 286. The molecule has 84 valence electrons. The van der Waals surface area contributed by atoms with E-state index < -0.39 is 0 Å². The number of nitrogens with two attached hydrogens (primary N) is 1. The van der Waals surface area contributed by atoms with E-state index in [1.165, 1.54) is 12.1 Å². The molecule has 0 saturated carbocycles. The highest BCUT2D eigenvalue weighted by Crippen LogP contribution is 2.19. The summed E-state index contributed by atoms with van der Waals surface area (Å²) in [4.78, 5) is 0. The highest BCUT2D eigenvalue weighted by molar-refractivity contribution is 5.19. The fourth-order valence-electron chi connectivity index (χ4n) is 1.32. The predicted molar refractivity (Wildman–Crippen MR) is 59.0 cm³/mol. The lowest BCUT2D eigenvalue weighted by atomic mass is 10.1. The Balaban J connectivity index is 2.69. The second kappa shape index (κ2) is 5.83. The van der Waals surface area contributed by atoms with E-state index in [0.29, 0.717) is 6.54 Å². The third-order valence-corrected chi connectivity index (χ3v) is 2.43. The second-order valence-electron chi connectivity index (χ2n) is 3.63. The molecule has 0 aliphatic carbocycles. The maximum atomic E-state index is 12.7. The molecule has 2 nitrogen and oxygen atoms in total. The van der Waals surface area contributed by atoms with Gasteiger partial charge < -0.3 is 10.5 Å². The summed E-state index contributed by atoms with van der Waals surface area (Å²) in [5, 5.41) is 0. The van der Waals surface area contributed by atoms with Crippen LogP contribution in [0.2, 0.25) is 0 Å². The van der Waals surface area contributed by atoms with Gasteiger partial charge in [-0.05, 0) is 31.0 Å². The average molecular weight is 211 g/mol. The van der Waals surface area contributed by atoms with Gasteiger partial charge in [-0.1, -0.05) is 19.1 Å². The van der Waals surface area contributed by atoms with Crippen LogP contribution in [0.5, 0.6) is 0 Å². The van der Waals surface area contributed by atoms with Crippen molar-refractivity contribution in [2.75, 3.05) is 6.54 Å². The number of benzene rings is 1. The summed E-state index contributed by atoms with van der Waals surface area (Å²) in [6.45, 7) is 4.48. The summed E-state index contributed by atoms with van der Waals surface area (Å²) in [5.74, 6) is -0.238.